The summed E-state index contributed by atoms with van der Waals surface area (Å²) in [6.45, 7) is 0.598. The Morgan fingerprint density at radius 2 is 1.64 bits per heavy atom. The van der Waals surface area contributed by atoms with Gasteiger partial charge in [-0.1, -0.05) is 30.3 Å². The molecule has 1 aromatic heterocycles. The fourth-order valence-corrected chi connectivity index (χ4v) is 4.30. The number of para-hydroxylation sites is 2. The minimum atomic E-state index is -4.68. The van der Waals surface area contributed by atoms with E-state index in [2.05, 4.69) is 30.7 Å². The van der Waals surface area contributed by atoms with Crippen molar-refractivity contribution in [1.29, 1.82) is 0 Å². The quantitative estimate of drug-likeness (QED) is 0.434. The van der Waals surface area contributed by atoms with Gasteiger partial charge in [0.1, 0.15) is 11.6 Å². The number of hydrogen-bond acceptors (Lipinski definition) is 6. The van der Waals surface area contributed by atoms with Crippen molar-refractivity contribution >= 4 is 22.7 Å². The molecule has 4 rings (SSSR count). The molecule has 3 N–H and O–H groups in total. The molecule has 33 heavy (non-hydrogen) atoms. The molecule has 6 nitrogen and oxygen atoms in total. The maximum absolute atomic E-state index is 12.6. The molecule has 1 saturated carbocycles. The average molecular weight is 460 g/mol. The first-order valence-corrected chi connectivity index (χ1v) is 11.2. The number of benzene rings is 2. The van der Waals surface area contributed by atoms with Gasteiger partial charge in [0.05, 0.1) is 5.52 Å². The molecule has 1 aliphatic rings. The first kappa shape index (κ1) is 23.1. The minimum Gasteiger partial charge on any atom is -0.406 e. The molecule has 0 spiro atoms. The normalized spacial score (nSPS) is 18.8. The van der Waals surface area contributed by atoms with Gasteiger partial charge in [-0.25, -0.2) is 4.98 Å². The van der Waals surface area contributed by atoms with Gasteiger partial charge in [0, 0.05) is 24.5 Å². The number of nitrogens with one attached hydrogen (secondary N) is 3. The number of ether oxygens (including phenoxy) is 1. The zero-order chi connectivity index (χ0) is 23.3. The first-order valence-electron chi connectivity index (χ1n) is 11.2. The Balaban J connectivity index is 1.26. The Labute approximate surface area is 191 Å². The average Bonchev–Trinajstić information content (AvgIpc) is 2.80. The number of aromatic nitrogens is 2. The monoisotopic (exact) mass is 459 g/mol. The fraction of sp³-hybridized carbons (Fsp3) is 0.417. The van der Waals surface area contributed by atoms with Crippen LogP contribution in [0.5, 0.6) is 5.75 Å². The van der Waals surface area contributed by atoms with Crippen LogP contribution in [-0.2, 0) is 6.42 Å². The Bertz CT molecular complexity index is 1070. The summed E-state index contributed by atoms with van der Waals surface area (Å²) < 4.78 is 41.9. The molecular weight excluding hydrogens is 431 g/mol. The lowest BCUT2D eigenvalue weighted by Gasteiger charge is -2.30. The molecule has 9 heteroatoms. The summed E-state index contributed by atoms with van der Waals surface area (Å²) in [4.78, 5) is 9.25. The van der Waals surface area contributed by atoms with Gasteiger partial charge in [0.15, 0.2) is 0 Å². The third kappa shape index (κ3) is 6.25. The summed E-state index contributed by atoms with van der Waals surface area (Å²) in [5.41, 5.74) is 1.44. The number of anilines is 2. The van der Waals surface area contributed by atoms with E-state index in [1.54, 1.807) is 18.2 Å². The van der Waals surface area contributed by atoms with Crippen molar-refractivity contribution in [2.45, 2.75) is 50.6 Å². The van der Waals surface area contributed by atoms with Crippen molar-refractivity contribution in [3.63, 3.8) is 0 Å². The van der Waals surface area contributed by atoms with E-state index < -0.39 is 6.36 Å². The molecule has 0 radical (unpaired) electrons. The van der Waals surface area contributed by atoms with Crippen molar-refractivity contribution in [2.75, 3.05) is 24.2 Å². The molecule has 0 unspecified atom stereocenters. The standard InChI is InChI=1S/C24H28F3N5O/c1-28-22-19-7-3-4-8-20(19)31-23(32-22)30-18-12-10-17(11-13-18)29-15-14-16-6-2-5-9-21(16)33-24(25,26)27/h2-9,17-18,29H,10-15H2,1H3,(H2,28,30,31,32)/t17-,18+. The highest BCUT2D eigenvalue weighted by atomic mass is 19.4. The smallest absolute Gasteiger partial charge is 0.406 e. The Morgan fingerprint density at radius 3 is 2.39 bits per heavy atom. The summed E-state index contributed by atoms with van der Waals surface area (Å²) in [6.07, 6.45) is -0.317. The van der Waals surface area contributed by atoms with Gasteiger partial charge >= 0.3 is 6.36 Å². The van der Waals surface area contributed by atoms with Crippen LogP contribution in [0.15, 0.2) is 48.5 Å². The first-order chi connectivity index (χ1) is 15.9. The van der Waals surface area contributed by atoms with Crippen LogP contribution in [0, 0.1) is 0 Å². The Kier molecular flexibility index (Phi) is 7.17. The largest absolute Gasteiger partial charge is 0.573 e. The molecule has 3 aromatic rings. The summed E-state index contributed by atoms with van der Waals surface area (Å²) >= 11 is 0. The lowest BCUT2D eigenvalue weighted by molar-refractivity contribution is -0.274. The highest BCUT2D eigenvalue weighted by Gasteiger charge is 2.32. The molecule has 1 fully saturated rings. The van der Waals surface area contributed by atoms with Crippen LogP contribution >= 0.6 is 0 Å². The highest BCUT2D eigenvalue weighted by molar-refractivity contribution is 5.89. The third-order valence-electron chi connectivity index (χ3n) is 5.93. The second-order valence-corrected chi connectivity index (χ2v) is 8.22. The second kappa shape index (κ2) is 10.2. The van der Waals surface area contributed by atoms with Crippen LogP contribution in [-0.4, -0.2) is 42.0 Å². The SMILES string of the molecule is CNc1nc(N[C@H]2CC[C@@H](NCCc3ccccc3OC(F)(F)F)CC2)nc2ccccc12. The summed E-state index contributed by atoms with van der Waals surface area (Å²) in [7, 11) is 1.85. The van der Waals surface area contributed by atoms with E-state index in [1.807, 2.05) is 31.3 Å². The van der Waals surface area contributed by atoms with Crippen LogP contribution < -0.4 is 20.7 Å². The number of halogens is 3. The summed E-state index contributed by atoms with van der Waals surface area (Å²) in [6, 6.07) is 14.8. The van der Waals surface area contributed by atoms with Crippen LogP contribution in [0.3, 0.4) is 0 Å². The fourth-order valence-electron chi connectivity index (χ4n) is 4.30. The van der Waals surface area contributed by atoms with Crippen molar-refractivity contribution in [3.05, 3.63) is 54.1 Å². The molecule has 0 saturated heterocycles. The van der Waals surface area contributed by atoms with Crippen LogP contribution in [0.25, 0.3) is 10.9 Å². The molecule has 1 heterocycles. The van der Waals surface area contributed by atoms with Crippen LogP contribution in [0.1, 0.15) is 31.2 Å². The number of alkyl halides is 3. The van der Waals surface area contributed by atoms with Gasteiger partial charge < -0.3 is 20.7 Å². The molecule has 2 aromatic carbocycles. The number of hydrogen-bond donors (Lipinski definition) is 3. The molecule has 0 amide bonds. The van der Waals surface area contributed by atoms with Crippen molar-refractivity contribution in [1.82, 2.24) is 15.3 Å². The van der Waals surface area contributed by atoms with Crippen molar-refractivity contribution in [2.24, 2.45) is 0 Å². The van der Waals surface area contributed by atoms with E-state index in [-0.39, 0.29) is 11.8 Å². The van der Waals surface area contributed by atoms with E-state index in [0.717, 1.165) is 42.4 Å². The second-order valence-electron chi connectivity index (χ2n) is 8.22. The van der Waals surface area contributed by atoms with Crippen LogP contribution in [0.2, 0.25) is 0 Å². The van der Waals surface area contributed by atoms with Crippen LogP contribution in [0.4, 0.5) is 24.9 Å². The zero-order valence-electron chi connectivity index (χ0n) is 18.5. The lowest BCUT2D eigenvalue weighted by Crippen LogP contribution is -2.38. The topological polar surface area (TPSA) is 71.1 Å². The van der Waals surface area contributed by atoms with E-state index in [0.29, 0.717) is 30.5 Å². The van der Waals surface area contributed by atoms with Gasteiger partial charge in [-0.2, -0.15) is 4.98 Å². The number of nitrogens with zero attached hydrogens (tertiary/aromatic N) is 2. The van der Waals surface area contributed by atoms with Gasteiger partial charge in [0.25, 0.3) is 0 Å². The van der Waals surface area contributed by atoms with E-state index >= 15 is 0 Å². The third-order valence-corrected chi connectivity index (χ3v) is 5.93. The number of rotatable bonds is 8. The predicted octanol–water partition coefficient (Wildman–Crippen LogP) is 5.13. The molecule has 0 bridgehead atoms. The molecule has 0 atom stereocenters. The van der Waals surface area contributed by atoms with Crippen molar-refractivity contribution in [3.8, 4) is 5.75 Å². The van der Waals surface area contributed by atoms with Gasteiger partial charge in [-0.15, -0.1) is 13.2 Å². The summed E-state index contributed by atoms with van der Waals surface area (Å²) in [5, 5.41) is 11.1. The molecule has 0 aliphatic heterocycles. The Morgan fingerprint density at radius 1 is 0.939 bits per heavy atom. The zero-order valence-corrected chi connectivity index (χ0v) is 18.5. The highest BCUT2D eigenvalue weighted by Crippen LogP contribution is 2.27. The maximum atomic E-state index is 12.6. The molecular formula is C24H28F3N5O. The number of fused-ring (bicyclic) bond motifs is 1. The lowest BCUT2D eigenvalue weighted by atomic mass is 9.91. The van der Waals surface area contributed by atoms with Gasteiger partial charge in [-0.05, 0) is 62.4 Å². The Hall–Kier alpha value is -3.07. The maximum Gasteiger partial charge on any atom is 0.573 e. The van der Waals surface area contributed by atoms with Gasteiger partial charge in [-0.3, -0.25) is 0 Å². The van der Waals surface area contributed by atoms with E-state index in [9.17, 15) is 13.2 Å². The predicted molar refractivity (Wildman–Crippen MR) is 124 cm³/mol. The summed E-state index contributed by atoms with van der Waals surface area (Å²) in [5.74, 6) is 1.29. The minimum absolute atomic E-state index is 0.129. The van der Waals surface area contributed by atoms with Gasteiger partial charge in [0.2, 0.25) is 5.95 Å². The molecule has 176 valence electrons. The van der Waals surface area contributed by atoms with E-state index in [1.165, 1.54) is 6.07 Å². The van der Waals surface area contributed by atoms with Crippen molar-refractivity contribution < 1.29 is 17.9 Å². The molecule has 1 aliphatic carbocycles. The van der Waals surface area contributed by atoms with E-state index in [4.69, 9.17) is 0 Å².